The van der Waals surface area contributed by atoms with Crippen molar-refractivity contribution in [3.63, 3.8) is 0 Å². The Kier molecular flexibility index (Phi) is 6.31. The molecule has 0 saturated heterocycles. The van der Waals surface area contributed by atoms with Gasteiger partial charge in [0.1, 0.15) is 23.7 Å². The van der Waals surface area contributed by atoms with Gasteiger partial charge in [-0.3, -0.25) is 0 Å². The van der Waals surface area contributed by atoms with Crippen LogP contribution < -0.4 is 4.74 Å². The number of esters is 1. The molecule has 2 N–H and O–H groups in total. The molecule has 122 valence electrons. The van der Waals surface area contributed by atoms with Gasteiger partial charge in [-0.1, -0.05) is 12.1 Å². The van der Waals surface area contributed by atoms with Gasteiger partial charge in [-0.05, 0) is 36.4 Å². The average molecular weight is 334 g/mol. The monoisotopic (exact) mass is 334 g/mol. The molecule has 0 fully saturated rings. The highest BCUT2D eigenvalue weighted by atomic mass is 32.2. The number of aliphatic hydroxyl groups is 1. The molecule has 0 spiro atoms. The lowest BCUT2D eigenvalue weighted by Gasteiger charge is -2.14. The first-order valence-corrected chi connectivity index (χ1v) is 7.98. The van der Waals surface area contributed by atoms with E-state index in [0.717, 1.165) is 4.90 Å². The van der Waals surface area contributed by atoms with Gasteiger partial charge in [-0.15, -0.1) is 11.8 Å². The first kappa shape index (κ1) is 17.2. The van der Waals surface area contributed by atoms with E-state index in [9.17, 15) is 15.0 Å². The van der Waals surface area contributed by atoms with Crippen LogP contribution in [0.3, 0.4) is 0 Å². The van der Waals surface area contributed by atoms with Gasteiger partial charge >= 0.3 is 5.97 Å². The van der Waals surface area contributed by atoms with Gasteiger partial charge < -0.3 is 19.7 Å². The van der Waals surface area contributed by atoms with Gasteiger partial charge in [0.25, 0.3) is 0 Å². The molecule has 5 nitrogen and oxygen atoms in total. The predicted molar refractivity (Wildman–Crippen MR) is 88.1 cm³/mol. The van der Waals surface area contributed by atoms with Crippen molar-refractivity contribution < 1.29 is 24.5 Å². The molecule has 0 bridgehead atoms. The fourth-order valence-electron chi connectivity index (χ4n) is 1.84. The van der Waals surface area contributed by atoms with Crippen molar-refractivity contribution >= 4 is 17.7 Å². The van der Waals surface area contributed by atoms with Gasteiger partial charge in [0, 0.05) is 10.6 Å². The number of para-hydroxylation sites is 1. The molecule has 0 heterocycles. The Morgan fingerprint density at radius 3 is 2.57 bits per heavy atom. The van der Waals surface area contributed by atoms with E-state index < -0.39 is 12.1 Å². The van der Waals surface area contributed by atoms with E-state index in [-0.39, 0.29) is 12.4 Å². The number of carbonyl (C=O) groups is 1. The van der Waals surface area contributed by atoms with Gasteiger partial charge in [-0.2, -0.15) is 0 Å². The third-order valence-electron chi connectivity index (χ3n) is 3.00. The number of phenolic OH excluding ortho intramolecular Hbond substituents is 1. The molecule has 1 unspecified atom stereocenters. The lowest BCUT2D eigenvalue weighted by Crippen LogP contribution is -2.21. The lowest BCUT2D eigenvalue weighted by atomic mass is 10.2. The second-order valence-electron chi connectivity index (χ2n) is 4.76. The molecule has 0 amide bonds. The zero-order valence-corrected chi connectivity index (χ0v) is 13.5. The first-order valence-electron chi connectivity index (χ1n) is 7.00. The maximum Gasteiger partial charge on any atom is 0.341 e. The number of hydrogen-bond donors (Lipinski definition) is 2. The number of rotatable bonds is 7. The Balaban J connectivity index is 1.86. The number of phenols is 1. The van der Waals surface area contributed by atoms with E-state index in [1.54, 1.807) is 48.5 Å². The van der Waals surface area contributed by atoms with Gasteiger partial charge in [0.15, 0.2) is 0 Å². The van der Waals surface area contributed by atoms with Crippen LogP contribution in [0.2, 0.25) is 0 Å². The molecule has 2 rings (SSSR count). The zero-order chi connectivity index (χ0) is 16.7. The summed E-state index contributed by atoms with van der Waals surface area (Å²) in [6, 6.07) is 13.5. The smallest absolute Gasteiger partial charge is 0.341 e. The molecule has 23 heavy (non-hydrogen) atoms. The van der Waals surface area contributed by atoms with Gasteiger partial charge in [0.2, 0.25) is 0 Å². The van der Waals surface area contributed by atoms with E-state index >= 15 is 0 Å². The third kappa shape index (κ3) is 5.19. The molecule has 0 saturated carbocycles. The van der Waals surface area contributed by atoms with Crippen molar-refractivity contribution in [1.82, 2.24) is 0 Å². The SMILES string of the molecule is COC(=O)c1ccccc1OCC(O)CSc1ccc(O)cc1. The third-order valence-corrected chi connectivity index (χ3v) is 4.16. The largest absolute Gasteiger partial charge is 0.508 e. The number of hydrogen-bond acceptors (Lipinski definition) is 6. The number of benzene rings is 2. The molecule has 0 radical (unpaired) electrons. The minimum Gasteiger partial charge on any atom is -0.508 e. The summed E-state index contributed by atoms with van der Waals surface area (Å²) in [6.45, 7) is 0.0685. The number of methoxy groups -OCH3 is 1. The molecule has 2 aromatic rings. The van der Waals surface area contributed by atoms with Crippen LogP contribution in [0.4, 0.5) is 0 Å². The second-order valence-corrected chi connectivity index (χ2v) is 5.85. The van der Waals surface area contributed by atoms with Crippen LogP contribution in [0, 0.1) is 0 Å². The molecule has 2 aromatic carbocycles. The summed E-state index contributed by atoms with van der Waals surface area (Å²) in [5.74, 6) is 0.546. The molecule has 0 aliphatic carbocycles. The number of aromatic hydroxyl groups is 1. The molecule has 6 heteroatoms. The van der Waals surface area contributed by atoms with Crippen LogP contribution >= 0.6 is 11.8 Å². The van der Waals surface area contributed by atoms with Crippen LogP contribution in [0.1, 0.15) is 10.4 Å². The Morgan fingerprint density at radius 2 is 1.87 bits per heavy atom. The number of ether oxygens (including phenoxy) is 2. The van der Waals surface area contributed by atoms with E-state index in [1.165, 1.54) is 18.9 Å². The maximum atomic E-state index is 11.6. The molecular formula is C17H18O5S. The normalized spacial score (nSPS) is 11.7. The van der Waals surface area contributed by atoms with E-state index in [0.29, 0.717) is 17.1 Å². The number of aliphatic hydroxyl groups excluding tert-OH is 1. The molecular weight excluding hydrogens is 316 g/mol. The van der Waals surface area contributed by atoms with Crippen LogP contribution in [-0.2, 0) is 4.74 Å². The van der Waals surface area contributed by atoms with Crippen molar-refractivity contribution in [2.24, 2.45) is 0 Å². The highest BCUT2D eigenvalue weighted by molar-refractivity contribution is 7.99. The van der Waals surface area contributed by atoms with E-state index in [4.69, 9.17) is 9.47 Å². The van der Waals surface area contributed by atoms with Crippen molar-refractivity contribution in [2.75, 3.05) is 19.5 Å². The molecule has 1 atom stereocenters. The van der Waals surface area contributed by atoms with Crippen LogP contribution in [0.15, 0.2) is 53.4 Å². The highest BCUT2D eigenvalue weighted by Crippen LogP contribution is 2.22. The maximum absolute atomic E-state index is 11.6. The number of carbonyl (C=O) groups excluding carboxylic acids is 1. The highest BCUT2D eigenvalue weighted by Gasteiger charge is 2.14. The summed E-state index contributed by atoms with van der Waals surface area (Å²) in [5, 5.41) is 19.2. The summed E-state index contributed by atoms with van der Waals surface area (Å²) in [6.07, 6.45) is -0.695. The fraction of sp³-hybridized carbons (Fsp3) is 0.235. The van der Waals surface area contributed by atoms with Gasteiger partial charge in [-0.25, -0.2) is 4.79 Å². The summed E-state index contributed by atoms with van der Waals surface area (Å²) in [4.78, 5) is 12.6. The minimum absolute atomic E-state index is 0.0685. The molecule has 0 aromatic heterocycles. The summed E-state index contributed by atoms with van der Waals surface area (Å²) in [5.41, 5.74) is 0.327. The van der Waals surface area contributed by atoms with Gasteiger partial charge in [0.05, 0.1) is 13.2 Å². The van der Waals surface area contributed by atoms with Crippen molar-refractivity contribution in [3.05, 3.63) is 54.1 Å². The topological polar surface area (TPSA) is 76.0 Å². The minimum atomic E-state index is -0.695. The van der Waals surface area contributed by atoms with Crippen LogP contribution in [-0.4, -0.2) is 41.8 Å². The van der Waals surface area contributed by atoms with Crippen LogP contribution in [0.5, 0.6) is 11.5 Å². The molecule has 0 aliphatic rings. The fourth-order valence-corrected chi connectivity index (χ4v) is 2.65. The second kappa shape index (κ2) is 8.45. The van der Waals surface area contributed by atoms with Crippen molar-refractivity contribution in [2.45, 2.75) is 11.0 Å². The predicted octanol–water partition coefficient (Wildman–Crippen LogP) is 2.71. The lowest BCUT2D eigenvalue weighted by molar-refractivity contribution is 0.0591. The standard InChI is InChI=1S/C17H18O5S/c1-21-17(20)15-4-2-3-5-16(15)22-10-13(19)11-23-14-8-6-12(18)7-9-14/h2-9,13,18-19H,10-11H2,1H3. The van der Waals surface area contributed by atoms with E-state index in [2.05, 4.69) is 0 Å². The molecule has 0 aliphatic heterocycles. The average Bonchev–Trinajstić information content (AvgIpc) is 2.59. The summed E-state index contributed by atoms with van der Waals surface area (Å²) in [7, 11) is 1.31. The number of thioether (sulfide) groups is 1. The van der Waals surface area contributed by atoms with E-state index in [1.807, 2.05) is 0 Å². The Labute approximate surface area is 138 Å². The summed E-state index contributed by atoms with van der Waals surface area (Å²) < 4.78 is 10.2. The van der Waals surface area contributed by atoms with Crippen molar-refractivity contribution in [3.8, 4) is 11.5 Å². The Morgan fingerprint density at radius 1 is 1.17 bits per heavy atom. The van der Waals surface area contributed by atoms with Crippen molar-refractivity contribution in [1.29, 1.82) is 0 Å². The quantitative estimate of drug-likeness (QED) is 0.599. The Bertz CT molecular complexity index is 642. The first-order chi connectivity index (χ1) is 11.1. The summed E-state index contributed by atoms with van der Waals surface area (Å²) >= 11 is 1.45. The van der Waals surface area contributed by atoms with Crippen LogP contribution in [0.25, 0.3) is 0 Å². The Hall–Kier alpha value is -2.18. The zero-order valence-electron chi connectivity index (χ0n) is 12.6.